The van der Waals surface area contributed by atoms with E-state index in [1.807, 2.05) is 31.2 Å². The van der Waals surface area contributed by atoms with Crippen molar-refractivity contribution in [1.82, 2.24) is 4.90 Å². The van der Waals surface area contributed by atoms with E-state index in [0.717, 1.165) is 5.56 Å². The molecule has 88 valence electrons. The van der Waals surface area contributed by atoms with Crippen molar-refractivity contribution in [2.45, 2.75) is 25.2 Å². The molecular weight excluding hydrogens is 214 g/mol. The van der Waals surface area contributed by atoms with Crippen LogP contribution in [-0.2, 0) is 15.0 Å². The minimum absolute atomic E-state index is 0.0102. The molecule has 2 heterocycles. The smallest absolute Gasteiger partial charge is 0.239 e. The first-order valence-corrected chi connectivity index (χ1v) is 5.94. The second kappa shape index (κ2) is 3.19. The molecule has 2 amide bonds. The highest BCUT2D eigenvalue weighted by Gasteiger charge is 2.60. The first-order valence-electron chi connectivity index (χ1n) is 5.94. The highest BCUT2D eigenvalue weighted by atomic mass is 16.2. The molecule has 2 saturated heterocycles. The molecule has 3 aliphatic rings. The number of benzene rings is 1. The number of carbonyl (C=O) groups is 2. The Morgan fingerprint density at radius 2 is 1.76 bits per heavy atom. The zero-order valence-corrected chi connectivity index (χ0v) is 10.1. The van der Waals surface area contributed by atoms with E-state index in [9.17, 15) is 9.59 Å². The molecule has 2 bridgehead atoms. The van der Waals surface area contributed by atoms with Gasteiger partial charge in [0.05, 0.1) is 5.41 Å². The number of fused-ring (bicyclic) bond motifs is 2. The molecule has 0 radical (unpaired) electrons. The van der Waals surface area contributed by atoms with E-state index in [1.165, 1.54) is 10.5 Å². The fourth-order valence-electron chi connectivity index (χ4n) is 3.06. The lowest BCUT2D eigenvalue weighted by molar-refractivity contribution is -0.166. The fourth-order valence-corrected chi connectivity index (χ4v) is 3.06. The highest BCUT2D eigenvalue weighted by Crippen LogP contribution is 2.53. The van der Waals surface area contributed by atoms with Crippen molar-refractivity contribution in [2.75, 3.05) is 7.05 Å². The Bertz CT molecular complexity index is 497. The van der Waals surface area contributed by atoms with Crippen LogP contribution in [0.3, 0.4) is 0 Å². The molecule has 1 aromatic carbocycles. The third kappa shape index (κ3) is 1.22. The predicted octanol–water partition coefficient (Wildman–Crippen LogP) is 1.64. The first kappa shape index (κ1) is 10.5. The minimum atomic E-state index is -0.416. The lowest BCUT2D eigenvalue weighted by atomic mass is 9.55. The van der Waals surface area contributed by atoms with Gasteiger partial charge in [-0.1, -0.05) is 29.8 Å². The number of hydrogen-bond donors (Lipinski definition) is 0. The van der Waals surface area contributed by atoms with Gasteiger partial charge in [0, 0.05) is 13.0 Å². The number of aryl methyl sites for hydroxylation is 1. The highest BCUT2D eigenvalue weighted by molar-refractivity contribution is 6.07. The number of amides is 2. The number of carbonyl (C=O) groups excluding carboxylic acids is 2. The third-order valence-corrected chi connectivity index (χ3v) is 4.19. The van der Waals surface area contributed by atoms with Crippen LogP contribution in [0.15, 0.2) is 24.3 Å². The fraction of sp³-hybridized carbons (Fsp3) is 0.429. The van der Waals surface area contributed by atoms with E-state index < -0.39 is 5.41 Å². The van der Waals surface area contributed by atoms with Gasteiger partial charge in [-0.3, -0.25) is 14.5 Å². The molecular formula is C14H15NO2. The SMILES string of the molecule is Cc1ccc(C23CC(C2)C(=O)N(C)C3=O)cc1. The maximum Gasteiger partial charge on any atom is 0.239 e. The Labute approximate surface area is 100 Å². The van der Waals surface area contributed by atoms with Gasteiger partial charge < -0.3 is 0 Å². The quantitative estimate of drug-likeness (QED) is 0.686. The molecule has 4 rings (SSSR count). The molecule has 0 N–H and O–H groups in total. The number of likely N-dealkylation sites (N-methyl/N-ethyl adjacent to an activating group) is 1. The summed E-state index contributed by atoms with van der Waals surface area (Å²) < 4.78 is 0. The zero-order chi connectivity index (χ0) is 12.2. The van der Waals surface area contributed by atoms with E-state index in [4.69, 9.17) is 0 Å². The van der Waals surface area contributed by atoms with Gasteiger partial charge in [0.15, 0.2) is 0 Å². The number of piperidine rings is 2. The van der Waals surface area contributed by atoms with Crippen molar-refractivity contribution >= 4 is 11.8 Å². The lowest BCUT2D eigenvalue weighted by Crippen LogP contribution is -2.64. The van der Waals surface area contributed by atoms with E-state index >= 15 is 0 Å². The summed E-state index contributed by atoms with van der Waals surface area (Å²) in [4.78, 5) is 25.3. The van der Waals surface area contributed by atoms with Crippen LogP contribution in [0.25, 0.3) is 0 Å². The summed E-state index contributed by atoms with van der Waals surface area (Å²) >= 11 is 0. The Balaban J connectivity index is 2.01. The lowest BCUT2D eigenvalue weighted by Gasteiger charge is -2.52. The first-order chi connectivity index (χ1) is 8.04. The molecule has 0 aromatic heterocycles. The standard InChI is InChI=1S/C14H15NO2/c1-9-3-5-11(6-4-9)14-7-10(8-14)12(16)15(2)13(14)17/h3-6,10H,7-8H2,1-2H3. The third-order valence-electron chi connectivity index (χ3n) is 4.19. The van der Waals surface area contributed by atoms with Crippen LogP contribution in [0.2, 0.25) is 0 Å². The monoisotopic (exact) mass is 229 g/mol. The van der Waals surface area contributed by atoms with Crippen LogP contribution >= 0.6 is 0 Å². The van der Waals surface area contributed by atoms with Gasteiger partial charge in [-0.25, -0.2) is 0 Å². The summed E-state index contributed by atoms with van der Waals surface area (Å²) in [6, 6.07) is 8.10. The van der Waals surface area contributed by atoms with Crippen molar-refractivity contribution in [1.29, 1.82) is 0 Å². The van der Waals surface area contributed by atoms with E-state index in [1.54, 1.807) is 7.05 Å². The van der Waals surface area contributed by atoms with Crippen LogP contribution in [0.5, 0.6) is 0 Å². The van der Waals surface area contributed by atoms with Crippen molar-refractivity contribution in [3.8, 4) is 0 Å². The van der Waals surface area contributed by atoms with E-state index in [0.29, 0.717) is 12.8 Å². The summed E-state index contributed by atoms with van der Waals surface area (Å²) in [7, 11) is 1.60. The molecule has 3 fully saturated rings. The molecule has 1 aromatic rings. The van der Waals surface area contributed by atoms with Crippen molar-refractivity contribution in [3.63, 3.8) is 0 Å². The molecule has 1 saturated carbocycles. The van der Waals surface area contributed by atoms with Crippen molar-refractivity contribution in [3.05, 3.63) is 35.4 Å². The zero-order valence-electron chi connectivity index (χ0n) is 10.1. The number of imide groups is 1. The Morgan fingerprint density at radius 1 is 1.18 bits per heavy atom. The van der Waals surface area contributed by atoms with E-state index in [-0.39, 0.29) is 17.7 Å². The Kier molecular flexibility index (Phi) is 1.97. The van der Waals surface area contributed by atoms with Gasteiger partial charge in [-0.05, 0) is 25.3 Å². The molecule has 17 heavy (non-hydrogen) atoms. The summed E-state index contributed by atoms with van der Waals surface area (Å²) in [6.07, 6.45) is 1.39. The molecule has 0 unspecified atom stereocenters. The number of rotatable bonds is 1. The molecule has 0 atom stereocenters. The van der Waals surface area contributed by atoms with Crippen LogP contribution < -0.4 is 0 Å². The van der Waals surface area contributed by atoms with Crippen molar-refractivity contribution in [2.24, 2.45) is 5.92 Å². The maximum absolute atomic E-state index is 12.3. The summed E-state index contributed by atoms with van der Waals surface area (Å²) in [5.41, 5.74) is 1.83. The maximum atomic E-state index is 12.3. The van der Waals surface area contributed by atoms with E-state index in [2.05, 4.69) is 0 Å². The van der Waals surface area contributed by atoms with Gasteiger partial charge in [0.25, 0.3) is 0 Å². The van der Waals surface area contributed by atoms with Gasteiger partial charge in [0.2, 0.25) is 11.8 Å². The Morgan fingerprint density at radius 3 is 2.35 bits per heavy atom. The molecule has 2 aliphatic heterocycles. The van der Waals surface area contributed by atoms with Gasteiger partial charge in [-0.15, -0.1) is 0 Å². The number of nitrogens with zero attached hydrogens (tertiary/aromatic N) is 1. The average molecular weight is 229 g/mol. The van der Waals surface area contributed by atoms with Crippen LogP contribution in [-0.4, -0.2) is 23.8 Å². The second-order valence-corrected chi connectivity index (χ2v) is 5.26. The molecule has 1 aliphatic carbocycles. The Hall–Kier alpha value is -1.64. The van der Waals surface area contributed by atoms with Crippen molar-refractivity contribution < 1.29 is 9.59 Å². The van der Waals surface area contributed by atoms with Crippen LogP contribution in [0.1, 0.15) is 24.0 Å². The molecule has 0 spiro atoms. The summed E-state index contributed by atoms with van der Waals surface area (Å²) in [5, 5.41) is 0. The normalized spacial score (nSPS) is 31.4. The topological polar surface area (TPSA) is 37.4 Å². The van der Waals surface area contributed by atoms with Crippen LogP contribution in [0.4, 0.5) is 0 Å². The predicted molar refractivity (Wildman–Crippen MR) is 63.4 cm³/mol. The minimum Gasteiger partial charge on any atom is -0.285 e. The summed E-state index contributed by atoms with van der Waals surface area (Å²) in [5.74, 6) is 0.0110. The van der Waals surface area contributed by atoms with Gasteiger partial charge in [-0.2, -0.15) is 0 Å². The molecule has 3 nitrogen and oxygen atoms in total. The largest absolute Gasteiger partial charge is 0.285 e. The summed E-state index contributed by atoms with van der Waals surface area (Å²) in [6.45, 7) is 2.03. The van der Waals surface area contributed by atoms with Crippen LogP contribution in [0, 0.1) is 12.8 Å². The van der Waals surface area contributed by atoms with Gasteiger partial charge >= 0.3 is 0 Å². The average Bonchev–Trinajstić information content (AvgIpc) is 2.26. The second-order valence-electron chi connectivity index (χ2n) is 5.26. The van der Waals surface area contributed by atoms with Gasteiger partial charge in [0.1, 0.15) is 0 Å². The number of hydrogen-bond acceptors (Lipinski definition) is 2. The molecule has 3 heteroatoms.